The summed E-state index contributed by atoms with van der Waals surface area (Å²) in [5.41, 5.74) is 3.03. The number of aryl methyl sites for hydroxylation is 1. The van der Waals surface area contributed by atoms with E-state index < -0.39 is 0 Å². The van der Waals surface area contributed by atoms with Gasteiger partial charge in [-0.3, -0.25) is 0 Å². The van der Waals surface area contributed by atoms with Gasteiger partial charge < -0.3 is 4.98 Å². The highest BCUT2D eigenvalue weighted by atomic mass is 79.9. The number of fused-ring (bicyclic) bond motifs is 1. The van der Waals surface area contributed by atoms with E-state index >= 15 is 0 Å². The average molecular weight is 353 g/mol. The Morgan fingerprint density at radius 1 is 1.20 bits per heavy atom. The van der Waals surface area contributed by atoms with Crippen LogP contribution in [-0.4, -0.2) is 9.97 Å². The van der Waals surface area contributed by atoms with Crippen molar-refractivity contribution in [3.05, 3.63) is 44.4 Å². The van der Waals surface area contributed by atoms with Gasteiger partial charge >= 0.3 is 0 Å². The van der Waals surface area contributed by atoms with Gasteiger partial charge in [0.25, 0.3) is 0 Å². The van der Waals surface area contributed by atoms with E-state index in [0.29, 0.717) is 16.0 Å². The second kappa shape index (κ2) is 5.74. The van der Waals surface area contributed by atoms with Crippen LogP contribution in [0.15, 0.2) is 22.7 Å². The zero-order chi connectivity index (χ0) is 14.1. The number of rotatable bonds is 1. The highest BCUT2D eigenvalue weighted by molar-refractivity contribution is 9.10. The highest BCUT2D eigenvalue weighted by Gasteiger charge is 2.14. The van der Waals surface area contributed by atoms with Crippen LogP contribution in [0.1, 0.15) is 30.5 Å². The van der Waals surface area contributed by atoms with Crippen molar-refractivity contribution in [3.63, 3.8) is 0 Å². The molecule has 0 saturated carbocycles. The van der Waals surface area contributed by atoms with Crippen LogP contribution in [-0.2, 0) is 12.8 Å². The lowest BCUT2D eigenvalue weighted by atomic mass is 10.1. The Labute approximate surface area is 130 Å². The van der Waals surface area contributed by atoms with Crippen molar-refractivity contribution in [2.24, 2.45) is 0 Å². The van der Waals surface area contributed by atoms with E-state index in [-0.39, 0.29) is 5.82 Å². The number of nitrogens with one attached hydrogen (secondary N) is 1. The zero-order valence-electron chi connectivity index (χ0n) is 10.9. The van der Waals surface area contributed by atoms with E-state index in [9.17, 15) is 4.39 Å². The van der Waals surface area contributed by atoms with E-state index in [1.807, 2.05) is 0 Å². The van der Waals surface area contributed by atoms with E-state index in [1.54, 1.807) is 6.07 Å². The number of aromatic amines is 1. The van der Waals surface area contributed by atoms with Crippen molar-refractivity contribution in [2.75, 3.05) is 0 Å². The standard InChI is InChI=1S/C15H14BrFN2S/c16-12-7-6-9(17)8-11(12)14-18-13-5-3-1-2-4-10(13)15(20)19-14/h6-8H,1-5H2,(H,18,19,20). The minimum absolute atomic E-state index is 0.278. The molecule has 1 aromatic heterocycles. The van der Waals surface area contributed by atoms with E-state index in [2.05, 4.69) is 25.9 Å². The fraction of sp³-hybridized carbons (Fsp3) is 0.333. The molecule has 5 heteroatoms. The van der Waals surface area contributed by atoms with Crippen LogP contribution in [0.25, 0.3) is 11.4 Å². The van der Waals surface area contributed by atoms with Gasteiger partial charge in [0.2, 0.25) is 0 Å². The Kier molecular flexibility index (Phi) is 3.98. The van der Waals surface area contributed by atoms with Gasteiger partial charge in [-0.2, -0.15) is 0 Å². The van der Waals surface area contributed by atoms with Crippen LogP contribution < -0.4 is 0 Å². The molecule has 0 unspecified atom stereocenters. The molecule has 20 heavy (non-hydrogen) atoms. The van der Waals surface area contributed by atoms with Gasteiger partial charge in [-0.05, 0) is 43.9 Å². The second-order valence-electron chi connectivity index (χ2n) is 5.03. The molecule has 2 aromatic rings. The summed E-state index contributed by atoms with van der Waals surface area (Å²) in [7, 11) is 0. The van der Waals surface area contributed by atoms with E-state index in [1.165, 1.54) is 18.6 Å². The molecule has 1 aromatic carbocycles. The van der Waals surface area contributed by atoms with Gasteiger partial charge in [0.1, 0.15) is 16.3 Å². The molecular weight excluding hydrogens is 339 g/mol. The topological polar surface area (TPSA) is 28.7 Å². The SMILES string of the molecule is Fc1ccc(Br)c(-c2nc(=S)c3c([nH]2)CCCCC3)c1. The smallest absolute Gasteiger partial charge is 0.140 e. The van der Waals surface area contributed by atoms with Crippen molar-refractivity contribution in [1.82, 2.24) is 9.97 Å². The fourth-order valence-corrected chi connectivity index (χ4v) is 3.35. The molecule has 1 N–H and O–H groups in total. The fourth-order valence-electron chi connectivity index (χ4n) is 2.60. The summed E-state index contributed by atoms with van der Waals surface area (Å²) in [6, 6.07) is 4.58. The number of halogens is 2. The van der Waals surface area contributed by atoms with Gasteiger partial charge in [0, 0.05) is 21.3 Å². The Morgan fingerprint density at radius 2 is 2.00 bits per heavy atom. The van der Waals surface area contributed by atoms with Crippen molar-refractivity contribution in [3.8, 4) is 11.4 Å². The molecule has 1 aliphatic rings. The molecule has 0 spiro atoms. The molecule has 1 heterocycles. The molecule has 0 fully saturated rings. The summed E-state index contributed by atoms with van der Waals surface area (Å²) in [5.74, 6) is 0.362. The number of nitrogens with zero attached hydrogens (tertiary/aromatic N) is 1. The molecule has 0 aliphatic heterocycles. The van der Waals surface area contributed by atoms with Gasteiger partial charge in [-0.25, -0.2) is 9.37 Å². The lowest BCUT2D eigenvalue weighted by Gasteiger charge is -2.10. The first-order valence-electron chi connectivity index (χ1n) is 6.72. The number of benzene rings is 1. The molecule has 2 nitrogen and oxygen atoms in total. The average Bonchev–Trinajstić information content (AvgIpc) is 2.67. The van der Waals surface area contributed by atoms with Crippen LogP contribution in [0.2, 0.25) is 0 Å². The Morgan fingerprint density at radius 3 is 2.85 bits per heavy atom. The van der Waals surface area contributed by atoms with Gasteiger partial charge in [0.15, 0.2) is 0 Å². The van der Waals surface area contributed by atoms with Crippen molar-refractivity contribution in [2.45, 2.75) is 32.1 Å². The van der Waals surface area contributed by atoms with E-state index in [0.717, 1.165) is 41.4 Å². The molecule has 0 radical (unpaired) electrons. The molecule has 3 rings (SSSR count). The Balaban J connectivity index is 2.16. The quantitative estimate of drug-likeness (QED) is 0.579. The minimum atomic E-state index is -0.278. The summed E-state index contributed by atoms with van der Waals surface area (Å²) >= 11 is 8.86. The van der Waals surface area contributed by atoms with E-state index in [4.69, 9.17) is 12.2 Å². The summed E-state index contributed by atoms with van der Waals surface area (Å²) in [6.45, 7) is 0. The van der Waals surface area contributed by atoms with Crippen molar-refractivity contribution in [1.29, 1.82) is 0 Å². The zero-order valence-corrected chi connectivity index (χ0v) is 13.3. The largest absolute Gasteiger partial charge is 0.343 e. The molecular formula is C15H14BrFN2S. The van der Waals surface area contributed by atoms with Gasteiger partial charge in [0.05, 0.1) is 0 Å². The van der Waals surface area contributed by atoms with Gasteiger partial charge in [-0.15, -0.1) is 0 Å². The van der Waals surface area contributed by atoms with Gasteiger partial charge in [-0.1, -0.05) is 34.6 Å². The molecule has 104 valence electrons. The predicted molar refractivity (Wildman–Crippen MR) is 83.8 cm³/mol. The molecule has 1 aliphatic carbocycles. The normalized spacial score (nSPS) is 14.7. The number of H-pyrrole nitrogens is 1. The Hall–Kier alpha value is -1.07. The summed E-state index contributed by atoms with van der Waals surface area (Å²) in [4.78, 5) is 7.82. The summed E-state index contributed by atoms with van der Waals surface area (Å²) < 4.78 is 14.9. The minimum Gasteiger partial charge on any atom is -0.343 e. The Bertz CT molecular complexity index is 712. The third-order valence-corrected chi connectivity index (χ3v) is 4.67. The van der Waals surface area contributed by atoms with Crippen molar-refractivity contribution >= 4 is 28.1 Å². The third kappa shape index (κ3) is 2.69. The number of aromatic nitrogens is 2. The number of hydrogen-bond donors (Lipinski definition) is 1. The first-order chi connectivity index (χ1) is 9.65. The maximum Gasteiger partial charge on any atom is 0.140 e. The molecule has 0 bridgehead atoms. The molecule has 0 saturated heterocycles. The predicted octanol–water partition coefficient (Wildman–Crippen LogP) is 4.98. The van der Waals surface area contributed by atoms with Crippen LogP contribution >= 0.6 is 28.1 Å². The van der Waals surface area contributed by atoms with Crippen LogP contribution in [0.4, 0.5) is 4.39 Å². The van der Waals surface area contributed by atoms with Crippen LogP contribution in [0, 0.1) is 10.5 Å². The third-order valence-electron chi connectivity index (χ3n) is 3.64. The maximum atomic E-state index is 13.4. The van der Waals surface area contributed by atoms with Crippen LogP contribution in [0.5, 0.6) is 0 Å². The first-order valence-corrected chi connectivity index (χ1v) is 7.93. The lowest BCUT2D eigenvalue weighted by Crippen LogP contribution is -2.02. The van der Waals surface area contributed by atoms with Crippen LogP contribution in [0.3, 0.4) is 0 Å². The molecule has 0 atom stereocenters. The number of hydrogen-bond acceptors (Lipinski definition) is 2. The highest BCUT2D eigenvalue weighted by Crippen LogP contribution is 2.28. The summed E-state index contributed by atoms with van der Waals surface area (Å²) in [5, 5.41) is 0. The maximum absolute atomic E-state index is 13.4. The first kappa shape index (κ1) is 13.9. The van der Waals surface area contributed by atoms with Crippen molar-refractivity contribution < 1.29 is 4.39 Å². The second-order valence-corrected chi connectivity index (χ2v) is 6.27. The molecule has 0 amide bonds. The summed E-state index contributed by atoms with van der Waals surface area (Å²) in [6.07, 6.45) is 5.52. The lowest BCUT2D eigenvalue weighted by molar-refractivity contribution is 0.628. The monoisotopic (exact) mass is 352 g/mol.